The number of aromatic amines is 1. The lowest BCUT2D eigenvalue weighted by atomic mass is 10.1. The molecule has 1 heterocycles. The van der Waals surface area contributed by atoms with Crippen LogP contribution in [0, 0.1) is 0 Å². The molecule has 0 amide bonds. The van der Waals surface area contributed by atoms with Gasteiger partial charge in [-0.2, -0.15) is 5.10 Å². The van der Waals surface area contributed by atoms with Crippen LogP contribution >= 0.6 is 0 Å². The minimum absolute atomic E-state index is 0.0946. The third kappa shape index (κ3) is 2.57. The molecule has 4 N–H and O–H groups in total. The molecule has 0 spiro atoms. The average Bonchev–Trinajstić information content (AvgIpc) is 2.79. The summed E-state index contributed by atoms with van der Waals surface area (Å²) in [6, 6.07) is 4.58. The van der Waals surface area contributed by atoms with Crippen molar-refractivity contribution in [2.75, 3.05) is 0 Å². The summed E-state index contributed by atoms with van der Waals surface area (Å²) in [6.07, 6.45) is 3.52. The molecule has 1 aromatic carbocycles. The highest BCUT2D eigenvalue weighted by Crippen LogP contribution is 2.32. The number of hydrogen-bond acceptors (Lipinski definition) is 4. The van der Waals surface area contributed by atoms with E-state index in [4.69, 9.17) is 0 Å². The predicted molar refractivity (Wildman–Crippen MR) is 63.6 cm³/mol. The van der Waals surface area contributed by atoms with Crippen LogP contribution in [0.2, 0.25) is 0 Å². The van der Waals surface area contributed by atoms with Gasteiger partial charge in [0.05, 0.1) is 11.8 Å². The number of aromatic nitrogens is 2. The molecule has 1 aromatic heterocycles. The first kappa shape index (κ1) is 11.5. The van der Waals surface area contributed by atoms with E-state index in [0.29, 0.717) is 12.1 Å². The van der Waals surface area contributed by atoms with Crippen molar-refractivity contribution in [2.24, 2.45) is 0 Å². The Labute approximate surface area is 99.1 Å². The first-order chi connectivity index (χ1) is 8.18. The lowest BCUT2D eigenvalue weighted by Gasteiger charge is -2.16. The minimum atomic E-state index is -0.147. The number of H-pyrrole nitrogens is 1. The summed E-state index contributed by atoms with van der Waals surface area (Å²) >= 11 is 0. The number of nitrogens with one attached hydrogen (secondary N) is 2. The molecule has 1 atom stereocenters. The average molecular weight is 233 g/mol. The zero-order valence-electron chi connectivity index (χ0n) is 9.51. The Morgan fingerprint density at radius 3 is 2.65 bits per heavy atom. The summed E-state index contributed by atoms with van der Waals surface area (Å²) in [7, 11) is 0. The molecule has 0 fully saturated rings. The van der Waals surface area contributed by atoms with Gasteiger partial charge in [-0.15, -0.1) is 0 Å². The second-order valence-corrected chi connectivity index (χ2v) is 3.92. The van der Waals surface area contributed by atoms with Crippen molar-refractivity contribution in [3.8, 4) is 11.5 Å². The van der Waals surface area contributed by atoms with E-state index < -0.39 is 0 Å². The van der Waals surface area contributed by atoms with Crippen LogP contribution in [0.1, 0.15) is 24.1 Å². The molecule has 0 aliphatic carbocycles. The summed E-state index contributed by atoms with van der Waals surface area (Å²) in [5, 5.41) is 29.2. The monoisotopic (exact) mass is 233 g/mol. The summed E-state index contributed by atoms with van der Waals surface area (Å²) in [6.45, 7) is 2.50. The highest BCUT2D eigenvalue weighted by molar-refractivity contribution is 5.44. The van der Waals surface area contributed by atoms with Gasteiger partial charge in [-0.3, -0.25) is 5.10 Å². The van der Waals surface area contributed by atoms with E-state index in [2.05, 4.69) is 15.5 Å². The van der Waals surface area contributed by atoms with Crippen LogP contribution in [0.25, 0.3) is 0 Å². The van der Waals surface area contributed by atoms with Gasteiger partial charge in [-0.05, 0) is 19.1 Å². The van der Waals surface area contributed by atoms with Crippen LogP contribution in [-0.4, -0.2) is 20.4 Å². The zero-order chi connectivity index (χ0) is 12.3. The SMILES string of the molecule is CC(NCc1cn[nH]c1)c1c(O)cccc1O. The molecule has 90 valence electrons. The molecule has 1 unspecified atom stereocenters. The molecule has 0 saturated carbocycles. The Morgan fingerprint density at radius 1 is 1.35 bits per heavy atom. The van der Waals surface area contributed by atoms with Crippen LogP contribution in [0.3, 0.4) is 0 Å². The minimum Gasteiger partial charge on any atom is -0.507 e. The van der Waals surface area contributed by atoms with Gasteiger partial charge in [-0.25, -0.2) is 0 Å². The lowest BCUT2D eigenvalue weighted by molar-refractivity contribution is 0.418. The highest BCUT2D eigenvalue weighted by Gasteiger charge is 2.14. The van der Waals surface area contributed by atoms with E-state index in [-0.39, 0.29) is 17.5 Å². The van der Waals surface area contributed by atoms with Gasteiger partial charge >= 0.3 is 0 Å². The Bertz CT molecular complexity index is 462. The Balaban J connectivity index is 2.07. The van der Waals surface area contributed by atoms with E-state index in [1.165, 1.54) is 0 Å². The topological polar surface area (TPSA) is 81.2 Å². The fraction of sp³-hybridized carbons (Fsp3) is 0.250. The fourth-order valence-corrected chi connectivity index (χ4v) is 1.73. The van der Waals surface area contributed by atoms with Gasteiger partial charge < -0.3 is 15.5 Å². The maximum Gasteiger partial charge on any atom is 0.124 e. The van der Waals surface area contributed by atoms with Gasteiger partial charge in [0.1, 0.15) is 11.5 Å². The predicted octanol–water partition coefficient (Wildman–Crippen LogP) is 1.67. The molecular formula is C12H15N3O2. The van der Waals surface area contributed by atoms with Crippen molar-refractivity contribution in [1.29, 1.82) is 0 Å². The summed E-state index contributed by atoms with van der Waals surface area (Å²) in [5.41, 5.74) is 1.53. The second kappa shape index (κ2) is 4.88. The molecule has 5 nitrogen and oxygen atoms in total. The van der Waals surface area contributed by atoms with Crippen molar-refractivity contribution in [3.05, 3.63) is 41.7 Å². The van der Waals surface area contributed by atoms with Crippen molar-refractivity contribution < 1.29 is 10.2 Å². The Morgan fingerprint density at radius 2 is 2.06 bits per heavy atom. The van der Waals surface area contributed by atoms with Crippen molar-refractivity contribution in [1.82, 2.24) is 15.5 Å². The van der Waals surface area contributed by atoms with Crippen LogP contribution < -0.4 is 5.32 Å². The van der Waals surface area contributed by atoms with Gasteiger partial charge in [0, 0.05) is 24.3 Å². The fourth-order valence-electron chi connectivity index (χ4n) is 1.73. The highest BCUT2D eigenvalue weighted by atomic mass is 16.3. The molecule has 0 aliphatic heterocycles. The van der Waals surface area contributed by atoms with Crippen LogP contribution in [0.4, 0.5) is 0 Å². The molecule has 17 heavy (non-hydrogen) atoms. The van der Waals surface area contributed by atoms with Gasteiger partial charge in [-0.1, -0.05) is 6.07 Å². The van der Waals surface area contributed by atoms with Gasteiger partial charge in [0.15, 0.2) is 0 Å². The molecular weight excluding hydrogens is 218 g/mol. The third-order valence-electron chi connectivity index (χ3n) is 2.66. The van der Waals surface area contributed by atoms with E-state index >= 15 is 0 Å². The summed E-state index contributed by atoms with van der Waals surface area (Å²) < 4.78 is 0. The number of hydrogen-bond donors (Lipinski definition) is 4. The number of benzene rings is 1. The van der Waals surface area contributed by atoms with Crippen LogP contribution in [-0.2, 0) is 6.54 Å². The Kier molecular flexibility index (Phi) is 3.30. The first-order valence-corrected chi connectivity index (χ1v) is 5.40. The molecule has 2 rings (SSSR count). The zero-order valence-corrected chi connectivity index (χ0v) is 9.51. The Hall–Kier alpha value is -2.01. The van der Waals surface area contributed by atoms with Gasteiger partial charge in [0.25, 0.3) is 0 Å². The first-order valence-electron chi connectivity index (χ1n) is 5.40. The maximum absolute atomic E-state index is 9.70. The molecule has 2 aromatic rings. The third-order valence-corrected chi connectivity index (χ3v) is 2.66. The number of rotatable bonds is 4. The van der Waals surface area contributed by atoms with Crippen molar-refractivity contribution >= 4 is 0 Å². The van der Waals surface area contributed by atoms with Crippen LogP contribution in [0.15, 0.2) is 30.6 Å². The maximum atomic E-state index is 9.70. The lowest BCUT2D eigenvalue weighted by Crippen LogP contribution is -2.18. The van der Waals surface area contributed by atoms with E-state index in [0.717, 1.165) is 5.56 Å². The number of phenols is 2. The van der Waals surface area contributed by atoms with E-state index in [1.807, 2.05) is 6.92 Å². The number of aromatic hydroxyl groups is 2. The van der Waals surface area contributed by atoms with Crippen LogP contribution in [0.5, 0.6) is 11.5 Å². The largest absolute Gasteiger partial charge is 0.507 e. The molecule has 0 bridgehead atoms. The number of phenolic OH excluding ortho intramolecular Hbond substituents is 2. The van der Waals surface area contributed by atoms with Gasteiger partial charge in [0.2, 0.25) is 0 Å². The van der Waals surface area contributed by atoms with E-state index in [1.54, 1.807) is 30.6 Å². The molecule has 0 aliphatic rings. The molecule has 0 radical (unpaired) electrons. The smallest absolute Gasteiger partial charge is 0.124 e. The summed E-state index contributed by atoms with van der Waals surface area (Å²) in [5.74, 6) is 0.189. The normalized spacial score (nSPS) is 12.5. The standard InChI is InChI=1S/C12H15N3O2/c1-8(13-5-9-6-14-15-7-9)12-10(16)3-2-4-11(12)17/h2-4,6-8,13,16-17H,5H2,1H3,(H,14,15). The molecule has 5 heteroatoms. The molecule has 0 saturated heterocycles. The van der Waals surface area contributed by atoms with Crippen molar-refractivity contribution in [3.63, 3.8) is 0 Å². The summed E-state index contributed by atoms with van der Waals surface area (Å²) in [4.78, 5) is 0. The quantitative estimate of drug-likeness (QED) is 0.647. The second-order valence-electron chi connectivity index (χ2n) is 3.92. The number of nitrogens with zero attached hydrogens (tertiary/aromatic N) is 1. The van der Waals surface area contributed by atoms with E-state index in [9.17, 15) is 10.2 Å². The van der Waals surface area contributed by atoms with Crippen molar-refractivity contribution in [2.45, 2.75) is 19.5 Å².